The van der Waals surface area contributed by atoms with Crippen LogP contribution in [0.3, 0.4) is 0 Å². The Balaban J connectivity index is 2.01. The number of aryl methyl sites for hydroxylation is 1. The highest BCUT2D eigenvalue weighted by molar-refractivity contribution is 8.14. The number of nitrogens with one attached hydrogen (secondary N) is 1. The summed E-state index contributed by atoms with van der Waals surface area (Å²) >= 11 is 2.34. The van der Waals surface area contributed by atoms with Crippen molar-refractivity contribution in [3.05, 3.63) is 11.1 Å². The molecule has 1 aliphatic heterocycles. The quantitative estimate of drug-likeness (QED) is 0.799. The number of anilines is 1. The lowest BCUT2D eigenvalue weighted by Crippen LogP contribution is -2.34. The molecular weight excluding hydrogens is 352 g/mol. The Morgan fingerprint density at radius 1 is 1.38 bits per heavy atom. The highest BCUT2D eigenvalue weighted by Crippen LogP contribution is 2.22. The molecule has 3 amide bonds. The number of urea groups is 1. The van der Waals surface area contributed by atoms with Crippen molar-refractivity contribution in [2.24, 2.45) is 15.9 Å². The summed E-state index contributed by atoms with van der Waals surface area (Å²) in [5, 5.41) is 5.20. The fraction of sp³-hybridized carbons (Fsp3) is 0.429. The lowest BCUT2D eigenvalue weighted by Gasteiger charge is -2.19. The van der Waals surface area contributed by atoms with Gasteiger partial charge in [-0.1, -0.05) is 11.8 Å². The molecular formula is C14H16N4O4S2. The number of ether oxygens (including phenoxy) is 1. The van der Waals surface area contributed by atoms with E-state index in [-0.39, 0.29) is 23.3 Å². The van der Waals surface area contributed by atoms with E-state index in [4.69, 9.17) is 4.74 Å². The molecule has 0 aliphatic carbocycles. The van der Waals surface area contributed by atoms with Crippen LogP contribution in [0.2, 0.25) is 0 Å². The van der Waals surface area contributed by atoms with E-state index in [0.29, 0.717) is 10.8 Å². The molecule has 2 heterocycles. The van der Waals surface area contributed by atoms with E-state index in [1.165, 1.54) is 11.3 Å². The van der Waals surface area contributed by atoms with Crippen LogP contribution in [0.15, 0.2) is 15.4 Å². The predicted molar refractivity (Wildman–Crippen MR) is 94.0 cm³/mol. The third kappa shape index (κ3) is 4.71. The number of esters is 1. The van der Waals surface area contributed by atoms with Gasteiger partial charge in [-0.05, 0) is 20.8 Å². The van der Waals surface area contributed by atoms with Crippen LogP contribution in [0.4, 0.5) is 9.93 Å². The fourth-order valence-corrected chi connectivity index (χ4v) is 3.53. The molecule has 2 rings (SSSR count). The first-order valence-electron chi connectivity index (χ1n) is 7.09. The number of hydrogen-bond donors (Lipinski definition) is 1. The third-order valence-corrected chi connectivity index (χ3v) is 4.79. The normalized spacial score (nSPS) is 17.1. The molecule has 10 heteroatoms. The highest BCUT2D eigenvalue weighted by Gasteiger charge is 2.33. The van der Waals surface area contributed by atoms with Gasteiger partial charge in [0.15, 0.2) is 5.13 Å². The van der Waals surface area contributed by atoms with Crippen LogP contribution in [-0.4, -0.2) is 46.0 Å². The number of carbonyl (C=O) groups is 3. The van der Waals surface area contributed by atoms with E-state index in [2.05, 4.69) is 20.3 Å². The van der Waals surface area contributed by atoms with Gasteiger partial charge < -0.3 is 10.1 Å². The third-order valence-electron chi connectivity index (χ3n) is 2.88. The van der Waals surface area contributed by atoms with Gasteiger partial charge in [0.1, 0.15) is 5.92 Å². The molecule has 1 atom stereocenters. The van der Waals surface area contributed by atoms with E-state index in [9.17, 15) is 14.4 Å². The van der Waals surface area contributed by atoms with Gasteiger partial charge in [-0.2, -0.15) is 9.98 Å². The van der Waals surface area contributed by atoms with Crippen LogP contribution in [-0.2, 0) is 14.3 Å². The Labute approximate surface area is 146 Å². The van der Waals surface area contributed by atoms with Gasteiger partial charge in [-0.25, -0.2) is 9.78 Å². The van der Waals surface area contributed by atoms with E-state index in [1.807, 2.05) is 12.3 Å². The zero-order chi connectivity index (χ0) is 17.7. The minimum atomic E-state index is -0.845. The van der Waals surface area contributed by atoms with Crippen LogP contribution in [0, 0.1) is 12.8 Å². The second kappa shape index (κ2) is 8.15. The molecule has 1 unspecified atom stereocenters. The zero-order valence-corrected chi connectivity index (χ0v) is 15.0. The van der Waals surface area contributed by atoms with Crippen LogP contribution in [0.25, 0.3) is 0 Å². The van der Waals surface area contributed by atoms with Gasteiger partial charge in [0.05, 0.1) is 23.1 Å². The first kappa shape index (κ1) is 18.3. The van der Waals surface area contributed by atoms with Crippen molar-refractivity contribution in [3.63, 3.8) is 0 Å². The number of carbonyl (C=O) groups excluding carboxylic acids is 3. The topological polar surface area (TPSA) is 110 Å². The van der Waals surface area contributed by atoms with E-state index >= 15 is 0 Å². The number of aromatic nitrogens is 1. The number of thiazole rings is 1. The molecule has 1 aromatic heterocycles. The van der Waals surface area contributed by atoms with Gasteiger partial charge >= 0.3 is 12.0 Å². The first-order valence-corrected chi connectivity index (χ1v) is 8.96. The lowest BCUT2D eigenvalue weighted by molar-refractivity contribution is -0.143. The van der Waals surface area contributed by atoms with Crippen molar-refractivity contribution in [2.45, 2.75) is 20.8 Å². The number of hydrogen-bond acceptors (Lipinski definition) is 7. The van der Waals surface area contributed by atoms with Gasteiger partial charge in [-0.3, -0.25) is 9.59 Å². The Morgan fingerprint density at radius 3 is 2.75 bits per heavy atom. The minimum absolute atomic E-state index is 0.00603. The standard InChI is InChI=1S/C14H16N4O4S2/c1-4-22-12(20)10-8(3)16-13(21)18-11(10)23-6-9(19)17-14-15-7(2)5-24-14/h5,10H,4,6H2,1-3H3,(H,15,17,19). The Kier molecular flexibility index (Phi) is 6.21. The highest BCUT2D eigenvalue weighted by atomic mass is 32.2. The smallest absolute Gasteiger partial charge is 0.367 e. The first-order chi connectivity index (χ1) is 11.4. The molecule has 0 fully saturated rings. The maximum Gasteiger partial charge on any atom is 0.367 e. The fourth-order valence-electron chi connectivity index (χ4n) is 1.90. The molecule has 24 heavy (non-hydrogen) atoms. The van der Waals surface area contributed by atoms with Crippen molar-refractivity contribution in [1.29, 1.82) is 0 Å². The Hall–Kier alpha value is -2.07. The molecule has 0 bridgehead atoms. The maximum absolute atomic E-state index is 12.0. The number of nitrogens with zero attached hydrogens (tertiary/aromatic N) is 3. The zero-order valence-electron chi connectivity index (χ0n) is 13.4. The molecule has 8 nitrogen and oxygen atoms in total. The van der Waals surface area contributed by atoms with Gasteiger partial charge in [0.25, 0.3) is 0 Å². The summed E-state index contributed by atoms with van der Waals surface area (Å²) in [4.78, 5) is 47.1. The Bertz CT molecular complexity index is 726. The molecule has 0 saturated heterocycles. The number of amides is 3. The second-order valence-electron chi connectivity index (χ2n) is 4.80. The number of thioether (sulfide) groups is 1. The molecule has 1 aromatic rings. The van der Waals surface area contributed by atoms with Gasteiger partial charge in [0, 0.05) is 11.1 Å². The van der Waals surface area contributed by atoms with E-state index < -0.39 is 17.9 Å². The molecule has 128 valence electrons. The molecule has 0 spiro atoms. The van der Waals surface area contributed by atoms with Gasteiger partial charge in [-0.15, -0.1) is 11.3 Å². The molecule has 1 aliphatic rings. The van der Waals surface area contributed by atoms with E-state index in [0.717, 1.165) is 17.5 Å². The molecule has 0 radical (unpaired) electrons. The minimum Gasteiger partial charge on any atom is -0.465 e. The van der Waals surface area contributed by atoms with Crippen molar-refractivity contribution in [2.75, 3.05) is 17.7 Å². The average molecular weight is 368 g/mol. The average Bonchev–Trinajstić information content (AvgIpc) is 2.89. The van der Waals surface area contributed by atoms with Gasteiger partial charge in [0.2, 0.25) is 5.91 Å². The number of aliphatic imine (C=N–C) groups is 2. The number of rotatable bonds is 5. The van der Waals surface area contributed by atoms with Crippen molar-refractivity contribution in [1.82, 2.24) is 4.98 Å². The van der Waals surface area contributed by atoms with Crippen molar-refractivity contribution < 1.29 is 19.1 Å². The molecule has 0 aromatic carbocycles. The monoisotopic (exact) mass is 368 g/mol. The Morgan fingerprint density at radius 2 is 2.12 bits per heavy atom. The lowest BCUT2D eigenvalue weighted by atomic mass is 10.1. The molecule has 0 saturated carbocycles. The summed E-state index contributed by atoms with van der Waals surface area (Å²) in [7, 11) is 0. The molecule has 1 N–H and O–H groups in total. The SMILES string of the molecule is CCOC(=O)C1C(C)=NC(=O)N=C1SCC(=O)Nc1nc(C)cs1. The summed E-state index contributed by atoms with van der Waals surface area (Å²) in [5.41, 5.74) is 1.13. The van der Waals surface area contributed by atoms with Crippen LogP contribution in [0.1, 0.15) is 19.5 Å². The van der Waals surface area contributed by atoms with Crippen LogP contribution in [0.5, 0.6) is 0 Å². The summed E-state index contributed by atoms with van der Waals surface area (Å²) in [6.07, 6.45) is 0. The summed E-state index contributed by atoms with van der Waals surface area (Å²) in [6.45, 7) is 5.28. The second-order valence-corrected chi connectivity index (χ2v) is 6.66. The summed E-state index contributed by atoms with van der Waals surface area (Å²) in [5.74, 6) is -1.68. The largest absolute Gasteiger partial charge is 0.465 e. The van der Waals surface area contributed by atoms with Crippen molar-refractivity contribution in [3.8, 4) is 0 Å². The summed E-state index contributed by atoms with van der Waals surface area (Å²) in [6, 6.07) is -0.688. The van der Waals surface area contributed by atoms with E-state index in [1.54, 1.807) is 13.8 Å². The maximum atomic E-state index is 12.0. The van der Waals surface area contributed by atoms with Crippen LogP contribution < -0.4 is 5.32 Å². The summed E-state index contributed by atoms with van der Waals surface area (Å²) < 4.78 is 4.99. The van der Waals surface area contributed by atoms with Crippen molar-refractivity contribution >= 4 is 56.9 Å². The predicted octanol–water partition coefficient (Wildman–Crippen LogP) is 2.30. The van der Waals surface area contributed by atoms with Crippen LogP contribution >= 0.6 is 23.1 Å².